The molecule has 0 spiro atoms. The van der Waals surface area contributed by atoms with Gasteiger partial charge < -0.3 is 27.8 Å². The number of nitrogens with zero attached hydrogens (tertiary/aromatic N) is 4. The second-order valence-corrected chi connectivity index (χ2v) is 28.2. The van der Waals surface area contributed by atoms with E-state index in [1.165, 1.54) is 0 Å². The minimum Gasteiger partial charge on any atom is -0.460 e. The van der Waals surface area contributed by atoms with Crippen molar-refractivity contribution in [2.45, 2.75) is 117 Å². The maximum Gasteiger partial charge on any atom is 0.374 e. The number of rotatable bonds is 13. The first-order valence-corrected chi connectivity index (χ1v) is 25.6. The van der Waals surface area contributed by atoms with Gasteiger partial charge in [0.25, 0.3) is 0 Å². The molecule has 0 saturated heterocycles. The lowest BCUT2D eigenvalue weighted by Crippen LogP contribution is -2.41. The molecule has 0 fully saturated rings. The van der Waals surface area contributed by atoms with Gasteiger partial charge in [-0.05, 0) is 81.3 Å². The Morgan fingerprint density at radius 1 is 0.698 bits per heavy atom. The summed E-state index contributed by atoms with van der Waals surface area (Å²) in [6.45, 7) is 30.4. The molecule has 4 aromatic rings. The Bertz CT molecular complexity index is 1780. The van der Waals surface area contributed by atoms with Gasteiger partial charge >= 0.3 is 5.97 Å². The van der Waals surface area contributed by atoms with Crippen molar-refractivity contribution < 1.29 is 23.5 Å². The predicted octanol–water partition coefficient (Wildman–Crippen LogP) is 11.1. The van der Waals surface area contributed by atoms with Crippen molar-refractivity contribution in [2.75, 3.05) is 19.8 Å². The number of halogens is 2. The Hall–Kier alpha value is -2.40. The van der Waals surface area contributed by atoms with Crippen LogP contribution in [0.1, 0.15) is 78.8 Å². The van der Waals surface area contributed by atoms with E-state index in [0.29, 0.717) is 44.6 Å². The van der Waals surface area contributed by atoms with E-state index in [1.54, 1.807) is 20.8 Å². The number of aliphatic hydroxyl groups is 1. The number of carbonyl (C=O) groups is 1. The Labute approximate surface area is 336 Å². The van der Waals surface area contributed by atoms with Crippen LogP contribution in [0.5, 0.6) is 0 Å². The summed E-state index contributed by atoms with van der Waals surface area (Å²) in [7, 11) is -3.62. The maximum absolute atomic E-state index is 12.3. The zero-order chi connectivity index (χ0) is 40.0. The van der Waals surface area contributed by atoms with Gasteiger partial charge in [-0.2, -0.15) is 0 Å². The SMILES string of the molecule is CC(C)(O)c1nc(-c2ccc(Br)cc2)cn1CCO[Si](C)(C)C(C)(C)C.CCOC(=O)c1nc(-c2ccc(Br)cc2)cn1CCO[Si](C)(C)C(C)(C)C. The Balaban J connectivity index is 0.000000286. The molecule has 9 nitrogen and oxygen atoms in total. The van der Waals surface area contributed by atoms with E-state index in [2.05, 4.69) is 105 Å². The van der Waals surface area contributed by atoms with Crippen LogP contribution in [-0.2, 0) is 32.3 Å². The molecule has 4 rings (SSSR count). The Kier molecular flexibility index (Phi) is 15.3. The standard InChI is InChI=1S/C20H29BrN2O3Si.C20H31BrN2O2Si/c1-7-25-19(24)18-22-17(15-8-10-16(21)11-9-15)14-23(18)12-13-26-27(5,6)20(2,3)4;1-19(2,3)26(6,7)25-13-12-23-14-17(22-18(23)20(4,5)24)15-8-10-16(21)11-9-15/h8-11,14H,7,12-13H2,1-6H3;8-11,14,24H,12-13H2,1-7H3. The first-order valence-electron chi connectivity index (χ1n) is 18.2. The summed E-state index contributed by atoms with van der Waals surface area (Å²) in [5.41, 5.74) is 2.58. The monoisotopic (exact) mass is 890 g/mol. The molecule has 2 heterocycles. The fourth-order valence-corrected chi connectivity index (χ4v) is 7.37. The molecule has 0 radical (unpaired) electrons. The van der Waals surface area contributed by atoms with Crippen molar-refractivity contribution in [1.29, 1.82) is 0 Å². The van der Waals surface area contributed by atoms with E-state index >= 15 is 0 Å². The summed E-state index contributed by atoms with van der Waals surface area (Å²) < 4.78 is 23.6. The van der Waals surface area contributed by atoms with E-state index in [4.69, 9.17) is 18.6 Å². The van der Waals surface area contributed by atoms with E-state index in [9.17, 15) is 9.90 Å². The van der Waals surface area contributed by atoms with Crippen LogP contribution < -0.4 is 0 Å². The summed E-state index contributed by atoms with van der Waals surface area (Å²) >= 11 is 6.90. The topological polar surface area (TPSA) is 101 Å². The molecule has 0 amide bonds. The molecular formula is C40H60Br2N4O5Si2. The molecule has 53 heavy (non-hydrogen) atoms. The first kappa shape index (κ1) is 45.0. The molecule has 0 saturated carbocycles. The second kappa shape index (κ2) is 18.0. The maximum atomic E-state index is 12.3. The number of benzene rings is 2. The van der Waals surface area contributed by atoms with Crippen LogP contribution in [0.2, 0.25) is 36.3 Å². The van der Waals surface area contributed by atoms with E-state index in [1.807, 2.05) is 70.1 Å². The van der Waals surface area contributed by atoms with Crippen LogP contribution in [0.25, 0.3) is 22.5 Å². The lowest BCUT2D eigenvalue weighted by molar-refractivity contribution is 0.0505. The quantitative estimate of drug-likeness (QED) is 0.105. The molecule has 13 heteroatoms. The third-order valence-corrected chi connectivity index (χ3v) is 20.2. The lowest BCUT2D eigenvalue weighted by Gasteiger charge is -2.36. The normalized spacial score (nSPS) is 12.8. The van der Waals surface area contributed by atoms with Crippen LogP contribution in [-0.4, -0.2) is 66.6 Å². The van der Waals surface area contributed by atoms with Crippen molar-refractivity contribution in [3.05, 3.63) is 81.5 Å². The summed E-state index contributed by atoms with van der Waals surface area (Å²) in [6.07, 6.45) is 3.90. The summed E-state index contributed by atoms with van der Waals surface area (Å²) in [4.78, 5) is 21.6. The van der Waals surface area contributed by atoms with Crippen molar-refractivity contribution >= 4 is 54.5 Å². The van der Waals surface area contributed by atoms with Gasteiger partial charge in [0.1, 0.15) is 11.4 Å². The number of carbonyl (C=O) groups excluding carboxylic acids is 1. The zero-order valence-corrected chi connectivity index (χ0v) is 39.1. The third kappa shape index (κ3) is 12.6. The molecule has 292 valence electrons. The van der Waals surface area contributed by atoms with Crippen molar-refractivity contribution in [1.82, 2.24) is 19.1 Å². The number of imidazole rings is 2. The molecule has 0 unspecified atom stereocenters. The summed E-state index contributed by atoms with van der Waals surface area (Å²) in [5, 5.41) is 10.9. The molecule has 0 bridgehead atoms. The third-order valence-electron chi connectivity index (χ3n) is 10.0. The number of hydrogen-bond donors (Lipinski definition) is 1. The molecule has 1 N–H and O–H groups in total. The average Bonchev–Trinajstić information content (AvgIpc) is 3.66. The van der Waals surface area contributed by atoms with Crippen molar-refractivity contribution in [2.24, 2.45) is 0 Å². The van der Waals surface area contributed by atoms with Gasteiger partial charge in [0.2, 0.25) is 5.82 Å². The highest BCUT2D eigenvalue weighted by Crippen LogP contribution is 2.37. The van der Waals surface area contributed by atoms with Gasteiger partial charge in [-0.3, -0.25) is 0 Å². The highest BCUT2D eigenvalue weighted by Gasteiger charge is 2.38. The molecule has 0 aliphatic rings. The lowest BCUT2D eigenvalue weighted by atomic mass is 10.1. The van der Waals surface area contributed by atoms with Gasteiger partial charge in [0, 0.05) is 45.6 Å². The second-order valence-electron chi connectivity index (χ2n) is 16.8. The van der Waals surface area contributed by atoms with Crippen LogP contribution in [0, 0.1) is 0 Å². The molecule has 2 aromatic heterocycles. The predicted molar refractivity (Wildman–Crippen MR) is 228 cm³/mol. The molecule has 0 aliphatic carbocycles. The summed E-state index contributed by atoms with van der Waals surface area (Å²) in [6, 6.07) is 15.9. The largest absolute Gasteiger partial charge is 0.460 e. The van der Waals surface area contributed by atoms with E-state index in [0.717, 1.165) is 31.5 Å². The van der Waals surface area contributed by atoms with Crippen molar-refractivity contribution in [3.8, 4) is 22.5 Å². The van der Waals surface area contributed by atoms with Gasteiger partial charge in [0.15, 0.2) is 16.6 Å². The minimum absolute atomic E-state index is 0.147. The fourth-order valence-electron chi connectivity index (χ4n) is 4.77. The van der Waals surface area contributed by atoms with Gasteiger partial charge in [-0.15, -0.1) is 0 Å². The molecular weight excluding hydrogens is 832 g/mol. The Morgan fingerprint density at radius 3 is 1.49 bits per heavy atom. The fraction of sp³-hybridized carbons (Fsp3) is 0.525. The van der Waals surface area contributed by atoms with Gasteiger partial charge in [0.05, 0.1) is 31.2 Å². The zero-order valence-electron chi connectivity index (χ0n) is 33.9. The summed E-state index contributed by atoms with van der Waals surface area (Å²) in [5.74, 6) is 0.566. The van der Waals surface area contributed by atoms with Crippen molar-refractivity contribution in [3.63, 3.8) is 0 Å². The highest BCUT2D eigenvalue weighted by molar-refractivity contribution is 9.10. The smallest absolute Gasteiger partial charge is 0.374 e. The molecule has 0 aliphatic heterocycles. The van der Waals surface area contributed by atoms with E-state index < -0.39 is 28.2 Å². The van der Waals surface area contributed by atoms with Crippen LogP contribution in [0.15, 0.2) is 69.9 Å². The number of hydrogen-bond acceptors (Lipinski definition) is 7. The van der Waals surface area contributed by atoms with Gasteiger partial charge in [-0.1, -0.05) is 97.7 Å². The number of ether oxygens (including phenoxy) is 1. The van der Waals surface area contributed by atoms with Crippen LogP contribution in [0.3, 0.4) is 0 Å². The number of esters is 1. The molecule has 2 aromatic carbocycles. The van der Waals surface area contributed by atoms with Crippen LogP contribution in [0.4, 0.5) is 0 Å². The Morgan fingerprint density at radius 2 is 1.09 bits per heavy atom. The first-order chi connectivity index (χ1) is 24.4. The number of aromatic nitrogens is 4. The van der Waals surface area contributed by atoms with E-state index in [-0.39, 0.29) is 10.1 Å². The highest BCUT2D eigenvalue weighted by atomic mass is 79.9. The molecule has 0 atom stereocenters. The average molecular weight is 893 g/mol. The van der Waals surface area contributed by atoms with Gasteiger partial charge in [-0.25, -0.2) is 14.8 Å². The minimum atomic E-state index is -1.84. The van der Waals surface area contributed by atoms with Crippen LogP contribution >= 0.6 is 31.9 Å².